The lowest BCUT2D eigenvalue weighted by atomic mass is 10.1. The van der Waals surface area contributed by atoms with E-state index in [9.17, 15) is 18.0 Å². The van der Waals surface area contributed by atoms with Crippen molar-refractivity contribution in [2.45, 2.75) is 26.3 Å². The SMILES string of the molecule is CC(C)n1cnc2cnc(Nc3ccc(C(=O)N4CCN(C)CC4)cc3OC(F)(F)F)nc21. The molecule has 0 spiro atoms. The number of carbonyl (C=O) groups excluding carboxylic acids is 1. The molecule has 0 radical (unpaired) electrons. The maximum Gasteiger partial charge on any atom is 0.573 e. The van der Waals surface area contributed by atoms with Crippen molar-refractivity contribution in [3.63, 3.8) is 0 Å². The van der Waals surface area contributed by atoms with Gasteiger partial charge in [-0.15, -0.1) is 13.2 Å². The molecule has 1 amide bonds. The predicted octanol–water partition coefficient (Wildman–Crippen LogP) is 3.44. The number of anilines is 2. The quantitative estimate of drug-likeness (QED) is 0.620. The van der Waals surface area contributed by atoms with Crippen LogP contribution >= 0.6 is 0 Å². The van der Waals surface area contributed by atoms with Gasteiger partial charge in [0.1, 0.15) is 5.52 Å². The maximum absolute atomic E-state index is 13.1. The van der Waals surface area contributed by atoms with Crippen LogP contribution in [-0.4, -0.2) is 74.8 Å². The summed E-state index contributed by atoms with van der Waals surface area (Å²) in [5.74, 6) is -0.807. The van der Waals surface area contributed by atoms with Crippen molar-refractivity contribution in [1.29, 1.82) is 0 Å². The summed E-state index contributed by atoms with van der Waals surface area (Å²) in [4.78, 5) is 29.3. The zero-order valence-corrected chi connectivity index (χ0v) is 18.4. The molecule has 9 nitrogen and oxygen atoms in total. The summed E-state index contributed by atoms with van der Waals surface area (Å²) in [6.45, 7) is 6.32. The Morgan fingerprint density at radius 3 is 2.55 bits per heavy atom. The Morgan fingerprint density at radius 1 is 1.15 bits per heavy atom. The number of piperazine rings is 1. The first-order chi connectivity index (χ1) is 15.6. The molecule has 1 saturated heterocycles. The van der Waals surface area contributed by atoms with Crippen LogP contribution in [0.15, 0.2) is 30.7 Å². The molecule has 0 atom stereocenters. The number of hydrogen-bond donors (Lipinski definition) is 1. The molecule has 176 valence electrons. The summed E-state index contributed by atoms with van der Waals surface area (Å²) < 4.78 is 45.4. The Bertz CT molecular complexity index is 1150. The van der Waals surface area contributed by atoms with Gasteiger partial charge in [-0.3, -0.25) is 4.79 Å². The number of rotatable bonds is 5. The monoisotopic (exact) mass is 463 g/mol. The van der Waals surface area contributed by atoms with Crippen LogP contribution in [0.4, 0.5) is 24.8 Å². The largest absolute Gasteiger partial charge is 0.573 e. The summed E-state index contributed by atoms with van der Waals surface area (Å²) in [6, 6.07) is 4.00. The molecule has 0 bridgehead atoms. The molecule has 33 heavy (non-hydrogen) atoms. The van der Waals surface area contributed by atoms with Crippen molar-refractivity contribution < 1.29 is 22.7 Å². The van der Waals surface area contributed by atoms with Crippen LogP contribution in [0.25, 0.3) is 11.2 Å². The Labute approximate surface area is 188 Å². The van der Waals surface area contributed by atoms with Gasteiger partial charge in [0.2, 0.25) is 5.95 Å². The molecule has 2 aromatic heterocycles. The third-order valence-corrected chi connectivity index (χ3v) is 5.36. The number of imidazole rings is 1. The number of likely N-dealkylation sites (N-methyl/N-ethyl adjacent to an activating group) is 1. The zero-order valence-electron chi connectivity index (χ0n) is 18.4. The number of nitrogens with one attached hydrogen (secondary N) is 1. The molecule has 3 heterocycles. The summed E-state index contributed by atoms with van der Waals surface area (Å²) in [5, 5.41) is 2.77. The number of nitrogens with zero attached hydrogens (tertiary/aromatic N) is 6. The number of fused-ring (bicyclic) bond motifs is 1. The summed E-state index contributed by atoms with van der Waals surface area (Å²) in [5.41, 5.74) is 1.20. The second-order valence-corrected chi connectivity index (χ2v) is 8.13. The van der Waals surface area contributed by atoms with E-state index in [1.807, 2.05) is 25.5 Å². The van der Waals surface area contributed by atoms with E-state index in [1.54, 1.807) is 11.2 Å². The Balaban J connectivity index is 1.64. The van der Waals surface area contributed by atoms with E-state index in [4.69, 9.17) is 0 Å². The molecule has 1 aliphatic heterocycles. The fourth-order valence-corrected chi connectivity index (χ4v) is 3.55. The summed E-state index contributed by atoms with van der Waals surface area (Å²) >= 11 is 0. The van der Waals surface area contributed by atoms with E-state index in [1.165, 1.54) is 18.3 Å². The van der Waals surface area contributed by atoms with Crippen molar-refractivity contribution in [3.05, 3.63) is 36.3 Å². The number of carbonyl (C=O) groups is 1. The Morgan fingerprint density at radius 2 is 1.88 bits per heavy atom. The molecule has 0 unspecified atom stereocenters. The van der Waals surface area contributed by atoms with Crippen LogP contribution in [0.3, 0.4) is 0 Å². The smallest absolute Gasteiger partial charge is 0.404 e. The van der Waals surface area contributed by atoms with Gasteiger partial charge in [0.25, 0.3) is 5.91 Å². The molecule has 3 aromatic rings. The topological polar surface area (TPSA) is 88.4 Å². The maximum atomic E-state index is 13.1. The lowest BCUT2D eigenvalue weighted by molar-refractivity contribution is -0.274. The minimum atomic E-state index is -4.94. The highest BCUT2D eigenvalue weighted by molar-refractivity contribution is 5.95. The fraction of sp³-hybridized carbons (Fsp3) is 0.429. The molecule has 0 saturated carbocycles. The minimum absolute atomic E-state index is 0.0165. The first-order valence-corrected chi connectivity index (χ1v) is 10.4. The fourth-order valence-electron chi connectivity index (χ4n) is 3.55. The van der Waals surface area contributed by atoms with E-state index in [0.29, 0.717) is 37.3 Å². The highest BCUT2D eigenvalue weighted by atomic mass is 19.4. The molecule has 1 aliphatic rings. The van der Waals surface area contributed by atoms with Gasteiger partial charge in [-0.25, -0.2) is 9.97 Å². The van der Waals surface area contributed by atoms with Gasteiger partial charge in [0.05, 0.1) is 18.2 Å². The first-order valence-electron chi connectivity index (χ1n) is 10.4. The van der Waals surface area contributed by atoms with Gasteiger partial charge >= 0.3 is 6.36 Å². The number of benzene rings is 1. The normalized spacial score (nSPS) is 15.3. The van der Waals surface area contributed by atoms with Crippen molar-refractivity contribution in [2.24, 2.45) is 0 Å². The van der Waals surface area contributed by atoms with Crippen LogP contribution in [0.1, 0.15) is 30.2 Å². The lowest BCUT2D eigenvalue weighted by Crippen LogP contribution is -2.47. The summed E-state index contributed by atoms with van der Waals surface area (Å²) in [6.07, 6.45) is -1.82. The molecule has 4 rings (SSSR count). The van der Waals surface area contributed by atoms with E-state index < -0.39 is 12.1 Å². The number of alkyl halides is 3. The standard InChI is InChI=1S/C21H24F3N7O2/c1-13(2)31-12-26-16-11-25-20(28-18(16)31)27-15-5-4-14(10-17(15)33-21(22,23)24)19(32)30-8-6-29(3)7-9-30/h4-5,10-13H,6-9H2,1-3H3,(H,25,27,28). The number of amides is 1. The van der Waals surface area contributed by atoms with E-state index >= 15 is 0 Å². The van der Waals surface area contributed by atoms with Gasteiger partial charge in [-0.2, -0.15) is 4.98 Å². The van der Waals surface area contributed by atoms with Gasteiger partial charge in [0, 0.05) is 37.8 Å². The van der Waals surface area contributed by atoms with E-state index in [-0.39, 0.29) is 29.1 Å². The highest BCUT2D eigenvalue weighted by Crippen LogP contribution is 2.33. The Kier molecular flexibility index (Phi) is 6.11. The van der Waals surface area contributed by atoms with E-state index in [0.717, 1.165) is 6.07 Å². The van der Waals surface area contributed by atoms with E-state index in [2.05, 4.69) is 29.9 Å². The van der Waals surface area contributed by atoms with Gasteiger partial charge in [0.15, 0.2) is 11.4 Å². The zero-order chi connectivity index (χ0) is 23.8. The molecule has 0 aliphatic carbocycles. The average Bonchev–Trinajstić information content (AvgIpc) is 3.17. The van der Waals surface area contributed by atoms with Gasteiger partial charge in [-0.05, 0) is 39.1 Å². The second-order valence-electron chi connectivity index (χ2n) is 8.13. The van der Waals surface area contributed by atoms with Crippen LogP contribution in [0.5, 0.6) is 5.75 Å². The number of hydrogen-bond acceptors (Lipinski definition) is 7. The van der Waals surface area contributed by atoms with Gasteiger partial charge < -0.3 is 24.4 Å². The van der Waals surface area contributed by atoms with Crippen molar-refractivity contribution in [1.82, 2.24) is 29.3 Å². The number of ether oxygens (including phenoxy) is 1. The molecular formula is C21H24F3N7O2. The van der Waals surface area contributed by atoms with Crippen molar-refractivity contribution in [2.75, 3.05) is 38.5 Å². The molecule has 12 heteroatoms. The number of aromatic nitrogens is 4. The summed E-state index contributed by atoms with van der Waals surface area (Å²) in [7, 11) is 1.95. The van der Waals surface area contributed by atoms with Gasteiger partial charge in [-0.1, -0.05) is 0 Å². The van der Waals surface area contributed by atoms with Crippen LogP contribution in [-0.2, 0) is 0 Å². The minimum Gasteiger partial charge on any atom is -0.404 e. The second kappa shape index (κ2) is 8.85. The third-order valence-electron chi connectivity index (χ3n) is 5.36. The first kappa shape index (κ1) is 22.8. The molecular weight excluding hydrogens is 439 g/mol. The third kappa shape index (κ3) is 5.16. The van der Waals surface area contributed by atoms with Crippen molar-refractivity contribution in [3.8, 4) is 5.75 Å². The molecule has 1 aromatic carbocycles. The highest BCUT2D eigenvalue weighted by Gasteiger charge is 2.33. The molecule has 1 N–H and O–H groups in total. The lowest BCUT2D eigenvalue weighted by Gasteiger charge is -2.32. The Hall–Kier alpha value is -3.41. The molecule has 1 fully saturated rings. The van der Waals surface area contributed by atoms with Crippen molar-refractivity contribution >= 4 is 28.7 Å². The van der Waals surface area contributed by atoms with Crippen LogP contribution in [0.2, 0.25) is 0 Å². The average molecular weight is 463 g/mol. The van der Waals surface area contributed by atoms with Crippen LogP contribution < -0.4 is 10.1 Å². The van der Waals surface area contributed by atoms with Crippen LogP contribution in [0, 0.1) is 0 Å². The predicted molar refractivity (Wildman–Crippen MR) is 116 cm³/mol. The number of halogens is 3.